The maximum absolute atomic E-state index is 11.4. The van der Waals surface area contributed by atoms with Crippen LogP contribution in [0.3, 0.4) is 0 Å². The van der Waals surface area contributed by atoms with Gasteiger partial charge < -0.3 is 9.47 Å². The van der Waals surface area contributed by atoms with Crippen LogP contribution in [0.15, 0.2) is 0 Å². The molecule has 0 saturated carbocycles. The molecular formula is C8H11BrO4. The van der Waals surface area contributed by atoms with Gasteiger partial charge in [-0.2, -0.15) is 0 Å². The number of halogens is 1. The molecule has 0 radical (unpaired) electrons. The van der Waals surface area contributed by atoms with Crippen LogP contribution < -0.4 is 0 Å². The van der Waals surface area contributed by atoms with Crippen molar-refractivity contribution in [3.63, 3.8) is 0 Å². The van der Waals surface area contributed by atoms with Crippen LogP contribution in [0.2, 0.25) is 0 Å². The van der Waals surface area contributed by atoms with Crippen molar-refractivity contribution >= 4 is 27.7 Å². The van der Waals surface area contributed by atoms with Crippen LogP contribution in [0.1, 0.15) is 6.92 Å². The minimum absolute atomic E-state index is 0.139. The van der Waals surface area contributed by atoms with Crippen LogP contribution in [0.5, 0.6) is 0 Å². The van der Waals surface area contributed by atoms with Gasteiger partial charge in [0.2, 0.25) is 0 Å². The molecule has 0 aromatic carbocycles. The predicted molar refractivity (Wildman–Crippen MR) is 48.7 cm³/mol. The molecule has 1 saturated heterocycles. The average Bonchev–Trinajstić information content (AvgIpc) is 2.10. The van der Waals surface area contributed by atoms with Crippen LogP contribution >= 0.6 is 15.9 Å². The van der Waals surface area contributed by atoms with E-state index in [2.05, 4.69) is 15.9 Å². The SMILES string of the molecule is CCOC(=O)C1COCC(Br)C1=O. The highest BCUT2D eigenvalue weighted by molar-refractivity contribution is 9.10. The quantitative estimate of drug-likeness (QED) is 0.408. The van der Waals surface area contributed by atoms with Gasteiger partial charge in [0.25, 0.3) is 0 Å². The third-order valence-electron chi connectivity index (χ3n) is 1.77. The minimum atomic E-state index is -0.752. The lowest BCUT2D eigenvalue weighted by Crippen LogP contribution is -2.41. The van der Waals surface area contributed by atoms with Gasteiger partial charge in [0.05, 0.1) is 24.6 Å². The summed E-state index contributed by atoms with van der Waals surface area (Å²) < 4.78 is 9.80. The fourth-order valence-corrected chi connectivity index (χ4v) is 1.60. The third kappa shape index (κ3) is 2.51. The Bertz CT molecular complexity index is 216. The highest BCUT2D eigenvalue weighted by atomic mass is 79.9. The van der Waals surface area contributed by atoms with Gasteiger partial charge in [0, 0.05) is 0 Å². The number of ketones is 1. The molecule has 0 aliphatic carbocycles. The molecule has 0 spiro atoms. The normalized spacial score (nSPS) is 28.6. The van der Waals surface area contributed by atoms with Gasteiger partial charge in [-0.3, -0.25) is 9.59 Å². The molecule has 0 amide bonds. The van der Waals surface area contributed by atoms with Gasteiger partial charge in [-0.05, 0) is 6.92 Å². The van der Waals surface area contributed by atoms with Crippen molar-refractivity contribution in [2.75, 3.05) is 19.8 Å². The van der Waals surface area contributed by atoms with Crippen molar-refractivity contribution in [3.8, 4) is 0 Å². The lowest BCUT2D eigenvalue weighted by atomic mass is 10.0. The Hall–Kier alpha value is -0.420. The van der Waals surface area contributed by atoms with E-state index in [0.29, 0.717) is 6.61 Å². The molecule has 1 heterocycles. The van der Waals surface area contributed by atoms with Gasteiger partial charge in [0.1, 0.15) is 5.92 Å². The van der Waals surface area contributed by atoms with Crippen LogP contribution in [0.4, 0.5) is 0 Å². The van der Waals surface area contributed by atoms with Crippen LogP contribution in [0.25, 0.3) is 0 Å². The zero-order chi connectivity index (χ0) is 9.84. The van der Waals surface area contributed by atoms with E-state index < -0.39 is 11.9 Å². The molecule has 13 heavy (non-hydrogen) atoms. The topological polar surface area (TPSA) is 52.6 Å². The fourth-order valence-electron chi connectivity index (χ4n) is 1.10. The van der Waals surface area contributed by atoms with Gasteiger partial charge >= 0.3 is 5.97 Å². The smallest absolute Gasteiger partial charge is 0.318 e. The Balaban J connectivity index is 2.57. The van der Waals surface area contributed by atoms with Crippen molar-refractivity contribution in [2.24, 2.45) is 5.92 Å². The summed E-state index contributed by atoms with van der Waals surface area (Å²) in [4.78, 5) is 22.2. The summed E-state index contributed by atoms with van der Waals surface area (Å²) in [5.41, 5.74) is 0. The summed E-state index contributed by atoms with van der Waals surface area (Å²) in [6.07, 6.45) is 0. The first kappa shape index (κ1) is 10.7. The zero-order valence-electron chi connectivity index (χ0n) is 7.29. The number of carbonyl (C=O) groups excluding carboxylic acids is 2. The molecule has 74 valence electrons. The third-order valence-corrected chi connectivity index (χ3v) is 2.49. The van der Waals surface area contributed by atoms with Crippen molar-refractivity contribution in [3.05, 3.63) is 0 Å². The largest absolute Gasteiger partial charge is 0.465 e. The summed E-state index contributed by atoms with van der Waals surface area (Å²) in [7, 11) is 0. The second kappa shape index (κ2) is 4.72. The van der Waals surface area contributed by atoms with Crippen molar-refractivity contribution in [2.45, 2.75) is 11.8 Å². The van der Waals surface area contributed by atoms with Crippen molar-refractivity contribution < 1.29 is 19.1 Å². The molecule has 1 aliphatic rings. The summed E-state index contributed by atoms with van der Waals surface area (Å²) in [6, 6.07) is 0. The van der Waals surface area contributed by atoms with E-state index in [0.717, 1.165) is 0 Å². The molecular weight excluding hydrogens is 240 g/mol. The summed E-state index contributed by atoms with van der Waals surface area (Å²) in [6.45, 7) is 2.46. The first-order chi connectivity index (χ1) is 6.16. The average molecular weight is 251 g/mol. The molecule has 2 atom stereocenters. The Morgan fingerprint density at radius 1 is 1.69 bits per heavy atom. The van der Waals surface area contributed by atoms with E-state index in [4.69, 9.17) is 9.47 Å². The van der Waals surface area contributed by atoms with E-state index in [9.17, 15) is 9.59 Å². The number of carbonyl (C=O) groups is 2. The second-order valence-corrected chi connectivity index (χ2v) is 3.82. The molecule has 4 nitrogen and oxygen atoms in total. The molecule has 2 unspecified atom stereocenters. The second-order valence-electron chi connectivity index (χ2n) is 2.71. The summed E-state index contributed by atoms with van der Waals surface area (Å²) >= 11 is 3.13. The lowest BCUT2D eigenvalue weighted by Gasteiger charge is -2.22. The lowest BCUT2D eigenvalue weighted by molar-refractivity contribution is -0.156. The molecule has 1 rings (SSSR count). The number of hydrogen-bond donors (Lipinski definition) is 0. The Morgan fingerprint density at radius 3 is 3.00 bits per heavy atom. The highest BCUT2D eigenvalue weighted by Crippen LogP contribution is 2.17. The fraction of sp³-hybridized carbons (Fsp3) is 0.750. The standard InChI is InChI=1S/C8H11BrO4/c1-2-13-8(11)5-3-12-4-6(9)7(5)10/h5-6H,2-4H2,1H3. The van der Waals surface area contributed by atoms with Crippen molar-refractivity contribution in [1.29, 1.82) is 0 Å². The molecule has 1 aliphatic heterocycles. The zero-order valence-corrected chi connectivity index (χ0v) is 8.87. The predicted octanol–water partition coefficient (Wildman–Crippen LogP) is 0.528. The monoisotopic (exact) mass is 250 g/mol. The van der Waals surface area contributed by atoms with E-state index >= 15 is 0 Å². The van der Waals surface area contributed by atoms with Crippen molar-refractivity contribution in [1.82, 2.24) is 0 Å². The van der Waals surface area contributed by atoms with Gasteiger partial charge in [-0.15, -0.1) is 0 Å². The maximum atomic E-state index is 11.4. The Kier molecular flexibility index (Phi) is 3.87. The van der Waals surface area contributed by atoms with Gasteiger partial charge in [-0.25, -0.2) is 0 Å². The Morgan fingerprint density at radius 2 is 2.38 bits per heavy atom. The molecule has 0 aromatic heterocycles. The molecule has 0 aromatic rings. The minimum Gasteiger partial charge on any atom is -0.465 e. The van der Waals surface area contributed by atoms with Crippen LogP contribution in [0, 0.1) is 5.92 Å². The number of ether oxygens (including phenoxy) is 2. The van der Waals surface area contributed by atoms with E-state index in [1.54, 1.807) is 6.92 Å². The number of rotatable bonds is 2. The first-order valence-electron chi connectivity index (χ1n) is 4.09. The molecule has 0 bridgehead atoms. The number of hydrogen-bond acceptors (Lipinski definition) is 4. The summed E-state index contributed by atoms with van der Waals surface area (Å²) in [5, 5.41) is 0. The molecule has 5 heteroatoms. The maximum Gasteiger partial charge on any atom is 0.318 e. The summed E-state index contributed by atoms with van der Waals surface area (Å²) in [5.74, 6) is -1.39. The van der Waals surface area contributed by atoms with Crippen LogP contribution in [-0.4, -0.2) is 36.4 Å². The Labute approximate surface area is 84.7 Å². The first-order valence-corrected chi connectivity index (χ1v) is 5.00. The number of esters is 1. The van der Waals surface area contributed by atoms with Gasteiger partial charge in [-0.1, -0.05) is 15.9 Å². The van der Waals surface area contributed by atoms with E-state index in [1.165, 1.54) is 0 Å². The highest BCUT2D eigenvalue weighted by Gasteiger charge is 2.36. The van der Waals surface area contributed by atoms with Crippen LogP contribution in [-0.2, 0) is 19.1 Å². The number of Topliss-reactive ketones (excluding diaryl/α,β-unsaturated/α-hetero) is 1. The van der Waals surface area contributed by atoms with E-state index in [1.807, 2.05) is 0 Å². The van der Waals surface area contributed by atoms with Gasteiger partial charge in [0.15, 0.2) is 5.78 Å². The molecule has 1 fully saturated rings. The number of alkyl halides is 1. The molecule has 0 N–H and O–H groups in total. The van der Waals surface area contributed by atoms with E-state index in [-0.39, 0.29) is 23.8 Å².